The van der Waals surface area contributed by atoms with Crippen LogP contribution in [0.5, 0.6) is 11.5 Å². The number of carbonyl (C=O) groups is 3. The van der Waals surface area contributed by atoms with Gasteiger partial charge in [0.25, 0.3) is 5.78 Å². The zero-order chi connectivity index (χ0) is 28.7. The summed E-state index contributed by atoms with van der Waals surface area (Å²) < 4.78 is 15.7. The second-order valence-electron chi connectivity index (χ2n) is 8.48. The maximum atomic E-state index is 11.5. The Labute approximate surface area is 233 Å². The molecule has 0 amide bonds. The van der Waals surface area contributed by atoms with Crippen LogP contribution in [-0.4, -0.2) is 29.8 Å². The van der Waals surface area contributed by atoms with Gasteiger partial charge in [0.1, 0.15) is 30.5 Å². The molecule has 40 heavy (non-hydrogen) atoms. The van der Waals surface area contributed by atoms with Crippen molar-refractivity contribution < 1.29 is 33.7 Å². The van der Waals surface area contributed by atoms with Crippen molar-refractivity contribution in [2.75, 3.05) is 7.11 Å². The Morgan fingerprint density at radius 2 is 1.07 bits per heavy atom. The normalized spacial score (nSPS) is 10.5. The van der Waals surface area contributed by atoms with E-state index in [4.69, 9.17) is 9.47 Å². The SMILES string of the molecule is CC(=O)c1ccccc1OCc1ccccc1.COC(=O)C(=O)C=C(O)c1ccccc1OCc1ccccc1. The van der Waals surface area contributed by atoms with Gasteiger partial charge in [-0.15, -0.1) is 0 Å². The lowest BCUT2D eigenvalue weighted by atomic mass is 10.1. The number of benzene rings is 4. The van der Waals surface area contributed by atoms with Gasteiger partial charge < -0.3 is 19.3 Å². The van der Waals surface area contributed by atoms with Crippen molar-refractivity contribution >= 4 is 23.3 Å². The number of hydrogen-bond acceptors (Lipinski definition) is 7. The minimum absolute atomic E-state index is 0.0219. The van der Waals surface area contributed by atoms with E-state index in [1.807, 2.05) is 78.9 Å². The number of ketones is 2. The number of aliphatic hydroxyl groups is 1. The molecule has 0 aromatic heterocycles. The van der Waals surface area contributed by atoms with Gasteiger partial charge in [0.05, 0.1) is 18.2 Å². The topological polar surface area (TPSA) is 99.1 Å². The predicted octanol–water partition coefficient (Wildman–Crippen LogP) is 6.37. The molecule has 4 rings (SSSR count). The molecule has 7 heteroatoms. The summed E-state index contributed by atoms with van der Waals surface area (Å²) in [6, 6.07) is 33.4. The summed E-state index contributed by atoms with van der Waals surface area (Å²) in [6.45, 7) is 2.34. The lowest BCUT2D eigenvalue weighted by Crippen LogP contribution is -2.13. The van der Waals surface area contributed by atoms with Crippen LogP contribution in [0.15, 0.2) is 115 Å². The molecular formula is C33H30O7. The number of aliphatic hydroxyl groups excluding tert-OH is 1. The predicted molar refractivity (Wildman–Crippen MR) is 152 cm³/mol. The molecule has 0 unspecified atom stereocenters. The van der Waals surface area contributed by atoms with Gasteiger partial charge in [-0.2, -0.15) is 0 Å². The van der Waals surface area contributed by atoms with Crippen molar-refractivity contribution in [2.45, 2.75) is 20.1 Å². The zero-order valence-corrected chi connectivity index (χ0v) is 22.3. The summed E-state index contributed by atoms with van der Waals surface area (Å²) in [7, 11) is 1.10. The van der Waals surface area contributed by atoms with E-state index in [1.165, 1.54) is 0 Å². The van der Waals surface area contributed by atoms with Crippen LogP contribution in [0.3, 0.4) is 0 Å². The maximum absolute atomic E-state index is 11.5. The van der Waals surface area contributed by atoms with E-state index in [-0.39, 0.29) is 11.5 Å². The molecule has 0 heterocycles. The number of hydrogen-bond donors (Lipinski definition) is 1. The number of Topliss-reactive ketones (excluding diaryl/α,β-unsaturated/α-hetero) is 1. The average Bonchev–Trinajstić information content (AvgIpc) is 3.00. The Morgan fingerprint density at radius 1 is 0.650 bits per heavy atom. The minimum Gasteiger partial charge on any atom is -0.507 e. The lowest BCUT2D eigenvalue weighted by molar-refractivity contribution is -0.149. The quantitative estimate of drug-likeness (QED) is 0.0823. The van der Waals surface area contributed by atoms with E-state index in [0.29, 0.717) is 35.8 Å². The molecule has 7 nitrogen and oxygen atoms in total. The molecule has 0 spiro atoms. The molecule has 204 valence electrons. The number of esters is 1. The second kappa shape index (κ2) is 15.3. The monoisotopic (exact) mass is 538 g/mol. The Bertz CT molecular complexity index is 1440. The zero-order valence-electron chi connectivity index (χ0n) is 22.3. The van der Waals surface area contributed by atoms with Crippen molar-refractivity contribution in [3.8, 4) is 11.5 Å². The van der Waals surface area contributed by atoms with Crippen LogP contribution in [-0.2, 0) is 27.5 Å². The highest BCUT2D eigenvalue weighted by Crippen LogP contribution is 2.25. The first-order valence-electron chi connectivity index (χ1n) is 12.4. The Kier molecular flexibility index (Phi) is 11.2. The maximum Gasteiger partial charge on any atom is 0.378 e. The summed E-state index contributed by atoms with van der Waals surface area (Å²) in [5.74, 6) is -1.27. The highest BCUT2D eigenvalue weighted by Gasteiger charge is 2.15. The third kappa shape index (κ3) is 8.99. The second-order valence-corrected chi connectivity index (χ2v) is 8.48. The number of methoxy groups -OCH3 is 1. The van der Waals surface area contributed by atoms with Gasteiger partial charge in [-0.25, -0.2) is 4.79 Å². The van der Waals surface area contributed by atoms with E-state index in [1.54, 1.807) is 37.3 Å². The average molecular weight is 539 g/mol. The van der Waals surface area contributed by atoms with E-state index in [0.717, 1.165) is 24.3 Å². The first-order chi connectivity index (χ1) is 19.4. The molecule has 4 aromatic carbocycles. The third-order valence-electron chi connectivity index (χ3n) is 5.56. The molecule has 0 fully saturated rings. The molecule has 0 aliphatic rings. The van der Waals surface area contributed by atoms with E-state index in [2.05, 4.69) is 4.74 Å². The molecule has 4 aromatic rings. The smallest absolute Gasteiger partial charge is 0.378 e. The van der Waals surface area contributed by atoms with Gasteiger partial charge in [-0.1, -0.05) is 84.9 Å². The summed E-state index contributed by atoms with van der Waals surface area (Å²) in [6.07, 6.45) is 0.816. The summed E-state index contributed by atoms with van der Waals surface area (Å²) in [4.78, 5) is 34.0. The van der Waals surface area contributed by atoms with Crippen LogP contribution >= 0.6 is 0 Å². The van der Waals surface area contributed by atoms with Gasteiger partial charge in [0.2, 0.25) is 0 Å². The van der Waals surface area contributed by atoms with Crippen LogP contribution < -0.4 is 9.47 Å². The largest absolute Gasteiger partial charge is 0.507 e. The summed E-state index contributed by atoms with van der Waals surface area (Å²) >= 11 is 0. The fourth-order valence-corrected chi connectivity index (χ4v) is 3.52. The van der Waals surface area contributed by atoms with E-state index >= 15 is 0 Å². The van der Waals surface area contributed by atoms with Crippen molar-refractivity contribution in [1.82, 2.24) is 0 Å². The molecule has 0 atom stereocenters. The summed E-state index contributed by atoms with van der Waals surface area (Å²) in [5.41, 5.74) is 3.01. The molecule has 0 saturated carbocycles. The lowest BCUT2D eigenvalue weighted by Gasteiger charge is -2.11. The molecule has 1 N–H and O–H groups in total. The van der Waals surface area contributed by atoms with Crippen molar-refractivity contribution in [3.63, 3.8) is 0 Å². The molecular weight excluding hydrogens is 508 g/mol. The van der Waals surface area contributed by atoms with Crippen molar-refractivity contribution in [3.05, 3.63) is 138 Å². The van der Waals surface area contributed by atoms with Gasteiger partial charge in [-0.05, 0) is 42.3 Å². The van der Waals surface area contributed by atoms with Gasteiger partial charge in [0.15, 0.2) is 5.78 Å². The molecule has 0 bridgehead atoms. The van der Waals surface area contributed by atoms with Crippen LogP contribution in [0.1, 0.15) is 34.0 Å². The van der Waals surface area contributed by atoms with Crippen molar-refractivity contribution in [1.29, 1.82) is 0 Å². The Hall–Kier alpha value is -5.17. The number of para-hydroxylation sites is 2. The number of carbonyl (C=O) groups excluding carboxylic acids is 3. The fraction of sp³-hybridized carbons (Fsp3) is 0.121. The highest BCUT2D eigenvalue weighted by molar-refractivity contribution is 6.39. The molecule has 0 radical (unpaired) electrons. The number of ether oxygens (including phenoxy) is 3. The van der Waals surface area contributed by atoms with Crippen molar-refractivity contribution in [2.24, 2.45) is 0 Å². The Balaban J connectivity index is 0.000000230. The van der Waals surface area contributed by atoms with E-state index < -0.39 is 11.8 Å². The van der Waals surface area contributed by atoms with Gasteiger partial charge in [-0.3, -0.25) is 9.59 Å². The third-order valence-corrected chi connectivity index (χ3v) is 5.56. The first kappa shape index (κ1) is 29.4. The molecule has 0 aliphatic carbocycles. The Morgan fingerprint density at radius 3 is 1.55 bits per heavy atom. The number of rotatable bonds is 10. The molecule has 0 saturated heterocycles. The van der Waals surface area contributed by atoms with Gasteiger partial charge in [0, 0.05) is 6.08 Å². The van der Waals surface area contributed by atoms with Crippen LogP contribution in [0.4, 0.5) is 0 Å². The standard InChI is InChI=1S/C18H16O5.C15H14O2/c1-22-18(21)16(20)11-15(19)14-9-5-6-10-17(14)23-12-13-7-3-2-4-8-13;1-12(16)14-9-5-6-10-15(14)17-11-13-7-3-2-4-8-13/h2-11,19H,12H2,1H3;2-10H,11H2,1H3. The van der Waals surface area contributed by atoms with Crippen LogP contribution in [0, 0.1) is 0 Å². The fourth-order valence-electron chi connectivity index (χ4n) is 3.52. The van der Waals surface area contributed by atoms with Crippen LogP contribution in [0.25, 0.3) is 5.76 Å². The van der Waals surface area contributed by atoms with Crippen LogP contribution in [0.2, 0.25) is 0 Å². The highest BCUT2D eigenvalue weighted by atomic mass is 16.5. The summed E-state index contributed by atoms with van der Waals surface area (Å²) in [5, 5.41) is 10.1. The molecule has 0 aliphatic heterocycles. The minimum atomic E-state index is -1.04. The van der Waals surface area contributed by atoms with E-state index in [9.17, 15) is 19.5 Å². The van der Waals surface area contributed by atoms with Gasteiger partial charge >= 0.3 is 5.97 Å². The first-order valence-corrected chi connectivity index (χ1v) is 12.4.